The lowest BCUT2D eigenvalue weighted by molar-refractivity contribution is 0.0573. The summed E-state index contributed by atoms with van der Waals surface area (Å²) in [6.07, 6.45) is 3.31. The van der Waals surface area contributed by atoms with Crippen molar-refractivity contribution in [3.8, 4) is 0 Å². The number of hydrogen-bond acceptors (Lipinski definition) is 3. The zero-order valence-corrected chi connectivity index (χ0v) is 7.49. The molecule has 0 aliphatic carbocycles. The molecule has 12 heavy (non-hydrogen) atoms. The number of furan rings is 1. The van der Waals surface area contributed by atoms with Gasteiger partial charge in [-0.25, -0.2) is 0 Å². The van der Waals surface area contributed by atoms with E-state index in [-0.39, 0.29) is 12.1 Å². The Morgan fingerprint density at radius 1 is 1.67 bits per heavy atom. The summed E-state index contributed by atoms with van der Waals surface area (Å²) < 4.78 is 10.3. The Kier molecular flexibility index (Phi) is 3.31. The first-order valence-corrected chi connectivity index (χ1v) is 4.15. The van der Waals surface area contributed by atoms with Crippen molar-refractivity contribution < 1.29 is 9.15 Å². The molecule has 0 saturated carbocycles. The minimum atomic E-state index is -0.0938. The highest BCUT2D eigenvalue weighted by Crippen LogP contribution is 2.16. The Hall–Kier alpha value is -0.800. The quantitative estimate of drug-likeness (QED) is 0.746. The number of rotatable bonds is 4. The largest absolute Gasteiger partial charge is 0.472 e. The first kappa shape index (κ1) is 9.29. The lowest BCUT2D eigenvalue weighted by Gasteiger charge is -2.17. The number of ether oxygens (including phenoxy) is 1. The number of nitrogens with two attached hydrogens (primary N) is 1. The van der Waals surface area contributed by atoms with Crippen LogP contribution in [0.25, 0.3) is 0 Å². The third kappa shape index (κ3) is 2.09. The van der Waals surface area contributed by atoms with Crippen LogP contribution in [0.1, 0.15) is 25.5 Å². The van der Waals surface area contributed by atoms with Gasteiger partial charge in [0.15, 0.2) is 0 Å². The molecule has 1 heterocycles. The third-order valence-electron chi connectivity index (χ3n) is 1.86. The summed E-state index contributed by atoms with van der Waals surface area (Å²) in [5.41, 5.74) is 6.87. The molecule has 0 spiro atoms. The lowest BCUT2D eigenvalue weighted by Crippen LogP contribution is -2.25. The molecule has 3 nitrogen and oxygen atoms in total. The van der Waals surface area contributed by atoms with Crippen LogP contribution in [0.5, 0.6) is 0 Å². The highest BCUT2D eigenvalue weighted by Gasteiger charge is 2.15. The van der Waals surface area contributed by atoms with E-state index in [0.717, 1.165) is 5.56 Å². The van der Waals surface area contributed by atoms with Gasteiger partial charge >= 0.3 is 0 Å². The summed E-state index contributed by atoms with van der Waals surface area (Å²) >= 11 is 0. The van der Waals surface area contributed by atoms with Crippen LogP contribution in [0.15, 0.2) is 23.0 Å². The van der Waals surface area contributed by atoms with Gasteiger partial charge < -0.3 is 14.9 Å². The van der Waals surface area contributed by atoms with Crippen molar-refractivity contribution in [1.82, 2.24) is 0 Å². The molecule has 0 amide bonds. The van der Waals surface area contributed by atoms with Crippen molar-refractivity contribution >= 4 is 0 Å². The normalized spacial score (nSPS) is 15.9. The second-order valence-electron chi connectivity index (χ2n) is 2.74. The fourth-order valence-corrected chi connectivity index (χ4v) is 1.10. The van der Waals surface area contributed by atoms with Crippen LogP contribution in [0, 0.1) is 0 Å². The van der Waals surface area contributed by atoms with Gasteiger partial charge in [0.2, 0.25) is 0 Å². The molecule has 0 bridgehead atoms. The van der Waals surface area contributed by atoms with Gasteiger partial charge in [0, 0.05) is 12.2 Å². The van der Waals surface area contributed by atoms with Crippen LogP contribution in [-0.2, 0) is 4.74 Å². The molecule has 1 aromatic heterocycles. The predicted molar refractivity (Wildman–Crippen MR) is 46.7 cm³/mol. The Labute approximate surface area is 72.5 Å². The summed E-state index contributed by atoms with van der Waals surface area (Å²) in [6.45, 7) is 4.60. The van der Waals surface area contributed by atoms with E-state index in [1.807, 2.05) is 19.9 Å². The first-order valence-electron chi connectivity index (χ1n) is 4.15. The molecule has 1 rings (SSSR count). The van der Waals surface area contributed by atoms with E-state index >= 15 is 0 Å². The van der Waals surface area contributed by atoms with Gasteiger partial charge in [-0.1, -0.05) is 0 Å². The Bertz CT molecular complexity index is 208. The molecule has 1 aromatic rings. The molecule has 0 aliphatic heterocycles. The number of hydrogen-bond donors (Lipinski definition) is 1. The molecular weight excluding hydrogens is 154 g/mol. The van der Waals surface area contributed by atoms with Gasteiger partial charge in [-0.15, -0.1) is 0 Å². The topological polar surface area (TPSA) is 48.4 Å². The van der Waals surface area contributed by atoms with Crippen LogP contribution in [0.2, 0.25) is 0 Å². The van der Waals surface area contributed by atoms with E-state index in [0.29, 0.717) is 6.61 Å². The highest BCUT2D eigenvalue weighted by molar-refractivity contribution is 5.12. The first-order chi connectivity index (χ1) is 5.75. The fourth-order valence-electron chi connectivity index (χ4n) is 1.10. The van der Waals surface area contributed by atoms with Gasteiger partial charge in [0.05, 0.1) is 24.7 Å². The highest BCUT2D eigenvalue weighted by atomic mass is 16.5. The molecule has 2 unspecified atom stereocenters. The van der Waals surface area contributed by atoms with Crippen LogP contribution in [-0.4, -0.2) is 12.7 Å². The van der Waals surface area contributed by atoms with E-state index < -0.39 is 0 Å². The monoisotopic (exact) mass is 169 g/mol. The second-order valence-corrected chi connectivity index (χ2v) is 2.74. The third-order valence-corrected chi connectivity index (χ3v) is 1.86. The second kappa shape index (κ2) is 4.28. The van der Waals surface area contributed by atoms with Crippen molar-refractivity contribution in [1.29, 1.82) is 0 Å². The summed E-state index contributed by atoms with van der Waals surface area (Å²) in [5.74, 6) is 0. The van der Waals surface area contributed by atoms with E-state index in [1.165, 1.54) is 0 Å². The average molecular weight is 169 g/mol. The zero-order valence-electron chi connectivity index (χ0n) is 7.49. The fraction of sp³-hybridized carbons (Fsp3) is 0.556. The molecule has 3 heteroatoms. The van der Waals surface area contributed by atoms with E-state index in [1.54, 1.807) is 12.5 Å². The lowest BCUT2D eigenvalue weighted by atomic mass is 10.1. The van der Waals surface area contributed by atoms with E-state index in [2.05, 4.69) is 0 Å². The summed E-state index contributed by atoms with van der Waals surface area (Å²) in [6, 6.07) is 1.77. The predicted octanol–water partition coefficient (Wildman–Crippen LogP) is 1.70. The molecular formula is C9H15NO2. The molecule has 0 aliphatic rings. The minimum absolute atomic E-state index is 0.0348. The summed E-state index contributed by atoms with van der Waals surface area (Å²) in [5, 5.41) is 0. The van der Waals surface area contributed by atoms with Gasteiger partial charge in [-0.05, 0) is 19.9 Å². The standard InChI is InChI=1S/C9H15NO2/c1-3-12-7(2)9(10)8-4-5-11-6-8/h4-7,9H,3,10H2,1-2H3. The smallest absolute Gasteiger partial charge is 0.0951 e. The molecule has 2 atom stereocenters. The van der Waals surface area contributed by atoms with Crippen molar-refractivity contribution in [3.63, 3.8) is 0 Å². The Balaban J connectivity index is 2.53. The maximum absolute atomic E-state index is 5.88. The summed E-state index contributed by atoms with van der Waals surface area (Å²) in [7, 11) is 0. The molecule has 0 saturated heterocycles. The van der Waals surface area contributed by atoms with Gasteiger partial charge in [0.25, 0.3) is 0 Å². The maximum atomic E-state index is 5.88. The SMILES string of the molecule is CCOC(C)C(N)c1ccoc1. The van der Waals surface area contributed by atoms with Gasteiger partial charge in [-0.2, -0.15) is 0 Å². The van der Waals surface area contributed by atoms with Crippen LogP contribution in [0.3, 0.4) is 0 Å². The van der Waals surface area contributed by atoms with Crippen LogP contribution >= 0.6 is 0 Å². The molecule has 2 N–H and O–H groups in total. The molecule has 68 valence electrons. The average Bonchev–Trinajstić information content (AvgIpc) is 2.55. The Morgan fingerprint density at radius 2 is 2.42 bits per heavy atom. The van der Waals surface area contributed by atoms with Gasteiger partial charge in [-0.3, -0.25) is 0 Å². The van der Waals surface area contributed by atoms with Crippen LogP contribution in [0.4, 0.5) is 0 Å². The van der Waals surface area contributed by atoms with Crippen molar-refractivity contribution in [2.24, 2.45) is 5.73 Å². The van der Waals surface area contributed by atoms with Crippen molar-refractivity contribution in [2.45, 2.75) is 26.0 Å². The minimum Gasteiger partial charge on any atom is -0.472 e. The molecule has 0 radical (unpaired) electrons. The molecule has 0 aromatic carbocycles. The zero-order chi connectivity index (χ0) is 8.97. The summed E-state index contributed by atoms with van der Waals surface area (Å²) in [4.78, 5) is 0. The van der Waals surface area contributed by atoms with Crippen molar-refractivity contribution in [3.05, 3.63) is 24.2 Å². The van der Waals surface area contributed by atoms with Crippen LogP contribution < -0.4 is 5.73 Å². The molecule has 0 fully saturated rings. The van der Waals surface area contributed by atoms with E-state index in [4.69, 9.17) is 14.9 Å². The Morgan fingerprint density at radius 3 is 2.92 bits per heavy atom. The maximum Gasteiger partial charge on any atom is 0.0951 e. The van der Waals surface area contributed by atoms with E-state index in [9.17, 15) is 0 Å². The van der Waals surface area contributed by atoms with Gasteiger partial charge in [0.1, 0.15) is 0 Å². The van der Waals surface area contributed by atoms with Crippen molar-refractivity contribution in [2.75, 3.05) is 6.61 Å².